The minimum absolute atomic E-state index is 0.106. The Morgan fingerprint density at radius 3 is 2.33 bits per heavy atom. The number of benzene rings is 2. The number of nitrogens with zero attached hydrogens (tertiary/aromatic N) is 1. The van der Waals surface area contributed by atoms with Crippen LogP contribution in [-0.4, -0.2) is 47.6 Å². The largest absolute Gasteiger partial charge is 0.465 e. The van der Waals surface area contributed by atoms with Gasteiger partial charge in [0.25, 0.3) is 0 Å². The van der Waals surface area contributed by atoms with Crippen molar-refractivity contribution in [2.24, 2.45) is 5.92 Å². The summed E-state index contributed by atoms with van der Waals surface area (Å²) in [7, 11) is 1.71. The number of hydrogen-bond acceptors (Lipinski definition) is 5. The molecule has 2 aromatic carbocycles. The number of rotatable bonds is 7. The average molecular weight is 411 g/mol. The Kier molecular flexibility index (Phi) is 7.24. The van der Waals surface area contributed by atoms with Crippen molar-refractivity contribution >= 4 is 11.9 Å². The van der Waals surface area contributed by atoms with Crippen molar-refractivity contribution in [1.29, 1.82) is 0 Å². The van der Waals surface area contributed by atoms with E-state index >= 15 is 0 Å². The first-order valence-electron chi connectivity index (χ1n) is 10.4. The summed E-state index contributed by atoms with van der Waals surface area (Å²) in [5.74, 6) is -0.878. The number of carbonyl (C=O) groups is 2. The van der Waals surface area contributed by atoms with E-state index in [1.165, 1.54) is 0 Å². The normalized spacial score (nSPS) is 22.9. The number of aliphatic hydroxyl groups excluding tert-OH is 1. The number of ether oxygens (including phenoxy) is 1. The summed E-state index contributed by atoms with van der Waals surface area (Å²) < 4.78 is 5.18. The van der Waals surface area contributed by atoms with Crippen LogP contribution in [0.15, 0.2) is 60.7 Å². The molecule has 6 heteroatoms. The van der Waals surface area contributed by atoms with E-state index in [9.17, 15) is 14.7 Å². The summed E-state index contributed by atoms with van der Waals surface area (Å²) in [6, 6.07) is 17.7. The standard InChI is InChI=1S/C24H30N2O4/c1-4-30-24(29)20-15-19(21(25-20)17-11-7-5-8-12-17)23(28)26(3)16(2)22(27)18-13-9-6-10-14-18/h5-14,16,19-22,25,27H,4,15H2,1-3H3/t16-,19-,20-,21-,22-/m1/s1. The minimum atomic E-state index is -0.800. The second-order valence-electron chi connectivity index (χ2n) is 7.75. The number of nitrogens with one attached hydrogen (secondary N) is 1. The zero-order valence-corrected chi connectivity index (χ0v) is 17.7. The van der Waals surface area contributed by atoms with E-state index in [4.69, 9.17) is 4.74 Å². The highest BCUT2D eigenvalue weighted by Gasteiger charge is 2.44. The molecule has 5 atom stereocenters. The molecule has 1 saturated heterocycles. The van der Waals surface area contributed by atoms with E-state index in [1.54, 1.807) is 18.9 Å². The Labute approximate surface area is 177 Å². The van der Waals surface area contributed by atoms with Gasteiger partial charge in [-0.1, -0.05) is 60.7 Å². The molecule has 0 radical (unpaired) electrons. The van der Waals surface area contributed by atoms with E-state index in [0.717, 1.165) is 11.1 Å². The highest BCUT2D eigenvalue weighted by Crippen LogP contribution is 2.35. The molecule has 160 valence electrons. The van der Waals surface area contributed by atoms with Crippen LogP contribution in [-0.2, 0) is 14.3 Å². The predicted octanol–water partition coefficient (Wildman–Crippen LogP) is 2.85. The summed E-state index contributed by atoms with van der Waals surface area (Å²) >= 11 is 0. The van der Waals surface area contributed by atoms with E-state index in [1.807, 2.05) is 67.6 Å². The zero-order chi connectivity index (χ0) is 21.7. The van der Waals surface area contributed by atoms with Crippen LogP contribution in [0.2, 0.25) is 0 Å². The number of likely N-dealkylation sites (N-methyl/N-ethyl adjacent to an activating group) is 1. The summed E-state index contributed by atoms with van der Waals surface area (Å²) in [5, 5.41) is 14.1. The molecule has 0 unspecified atom stereocenters. The monoisotopic (exact) mass is 410 g/mol. The Morgan fingerprint density at radius 2 is 1.73 bits per heavy atom. The molecule has 1 aliphatic rings. The number of esters is 1. The van der Waals surface area contributed by atoms with Gasteiger partial charge in [0.1, 0.15) is 6.04 Å². The first-order valence-corrected chi connectivity index (χ1v) is 10.4. The molecule has 1 heterocycles. The molecule has 1 fully saturated rings. The van der Waals surface area contributed by atoms with Gasteiger partial charge in [0.05, 0.1) is 24.7 Å². The maximum atomic E-state index is 13.5. The molecule has 6 nitrogen and oxygen atoms in total. The van der Waals surface area contributed by atoms with Crippen LogP contribution < -0.4 is 5.32 Å². The number of carbonyl (C=O) groups excluding carboxylic acids is 2. The van der Waals surface area contributed by atoms with Crippen molar-refractivity contribution in [3.63, 3.8) is 0 Å². The van der Waals surface area contributed by atoms with Crippen molar-refractivity contribution in [2.45, 2.75) is 44.5 Å². The summed E-state index contributed by atoms with van der Waals surface area (Å²) in [6.45, 7) is 3.90. The van der Waals surface area contributed by atoms with Crippen molar-refractivity contribution in [3.8, 4) is 0 Å². The summed E-state index contributed by atoms with van der Waals surface area (Å²) in [6.07, 6.45) is -0.444. The molecule has 0 aliphatic carbocycles. The van der Waals surface area contributed by atoms with Gasteiger partial charge in [-0.25, -0.2) is 0 Å². The fourth-order valence-electron chi connectivity index (χ4n) is 4.03. The van der Waals surface area contributed by atoms with Crippen molar-refractivity contribution in [1.82, 2.24) is 10.2 Å². The first kappa shape index (κ1) is 22.0. The third-order valence-corrected chi connectivity index (χ3v) is 5.88. The third kappa shape index (κ3) is 4.71. The zero-order valence-electron chi connectivity index (χ0n) is 17.7. The molecular weight excluding hydrogens is 380 g/mol. The maximum Gasteiger partial charge on any atom is 0.323 e. The van der Waals surface area contributed by atoms with Crippen LogP contribution >= 0.6 is 0 Å². The van der Waals surface area contributed by atoms with E-state index in [0.29, 0.717) is 13.0 Å². The number of amides is 1. The SMILES string of the molecule is CCOC(=O)[C@H]1C[C@@H](C(=O)N(C)[C@H](C)[C@@H](O)c2ccccc2)[C@@H](c2ccccc2)N1. The van der Waals surface area contributed by atoms with Crippen LogP contribution in [0.3, 0.4) is 0 Å². The molecule has 30 heavy (non-hydrogen) atoms. The van der Waals surface area contributed by atoms with Gasteiger partial charge < -0.3 is 14.7 Å². The van der Waals surface area contributed by atoms with Crippen LogP contribution in [0, 0.1) is 5.92 Å². The van der Waals surface area contributed by atoms with E-state index in [-0.39, 0.29) is 17.9 Å². The second kappa shape index (κ2) is 9.87. The van der Waals surface area contributed by atoms with E-state index < -0.39 is 24.1 Å². The molecule has 0 saturated carbocycles. The van der Waals surface area contributed by atoms with Gasteiger partial charge in [-0.15, -0.1) is 0 Å². The fourth-order valence-corrected chi connectivity index (χ4v) is 4.03. The average Bonchev–Trinajstić information content (AvgIpc) is 3.24. The Bertz CT molecular complexity index is 843. The molecule has 0 spiro atoms. The highest BCUT2D eigenvalue weighted by molar-refractivity contribution is 5.84. The molecule has 2 N–H and O–H groups in total. The van der Waals surface area contributed by atoms with Crippen molar-refractivity contribution in [3.05, 3.63) is 71.8 Å². The number of hydrogen-bond donors (Lipinski definition) is 2. The molecule has 1 amide bonds. The minimum Gasteiger partial charge on any atom is -0.465 e. The maximum absolute atomic E-state index is 13.5. The number of aliphatic hydroxyl groups is 1. The van der Waals surface area contributed by atoms with Gasteiger partial charge in [0.2, 0.25) is 5.91 Å². The van der Waals surface area contributed by atoms with Crippen LogP contribution in [0.4, 0.5) is 0 Å². The van der Waals surface area contributed by atoms with Gasteiger partial charge >= 0.3 is 5.97 Å². The van der Waals surface area contributed by atoms with Crippen LogP contribution in [0.5, 0.6) is 0 Å². The van der Waals surface area contributed by atoms with Gasteiger partial charge in [-0.3, -0.25) is 14.9 Å². The summed E-state index contributed by atoms with van der Waals surface area (Å²) in [5.41, 5.74) is 1.71. The van der Waals surface area contributed by atoms with Gasteiger partial charge in [0.15, 0.2) is 0 Å². The topological polar surface area (TPSA) is 78.9 Å². The quantitative estimate of drug-likeness (QED) is 0.687. The summed E-state index contributed by atoms with van der Waals surface area (Å²) in [4.78, 5) is 27.4. The molecule has 3 rings (SSSR count). The lowest BCUT2D eigenvalue weighted by Gasteiger charge is -2.32. The fraction of sp³-hybridized carbons (Fsp3) is 0.417. The van der Waals surface area contributed by atoms with Gasteiger partial charge in [-0.2, -0.15) is 0 Å². The Morgan fingerprint density at radius 1 is 1.13 bits per heavy atom. The molecule has 0 bridgehead atoms. The van der Waals surface area contributed by atoms with Crippen LogP contribution in [0.25, 0.3) is 0 Å². The van der Waals surface area contributed by atoms with Gasteiger partial charge in [0, 0.05) is 13.1 Å². The van der Waals surface area contributed by atoms with E-state index in [2.05, 4.69) is 5.32 Å². The predicted molar refractivity (Wildman–Crippen MR) is 114 cm³/mol. The highest BCUT2D eigenvalue weighted by atomic mass is 16.5. The van der Waals surface area contributed by atoms with Gasteiger partial charge in [-0.05, 0) is 31.4 Å². The molecular formula is C24H30N2O4. The first-order chi connectivity index (χ1) is 14.4. The Hall–Kier alpha value is -2.70. The third-order valence-electron chi connectivity index (χ3n) is 5.88. The lowest BCUT2D eigenvalue weighted by molar-refractivity contribution is -0.145. The second-order valence-corrected chi connectivity index (χ2v) is 7.75. The smallest absolute Gasteiger partial charge is 0.323 e. The molecule has 1 aliphatic heterocycles. The lowest BCUT2D eigenvalue weighted by atomic mass is 9.91. The lowest BCUT2D eigenvalue weighted by Crippen LogP contribution is -2.43. The van der Waals surface area contributed by atoms with Crippen LogP contribution in [0.1, 0.15) is 43.5 Å². The van der Waals surface area contributed by atoms with Crippen molar-refractivity contribution in [2.75, 3.05) is 13.7 Å². The molecule has 2 aromatic rings. The van der Waals surface area contributed by atoms with Crippen molar-refractivity contribution < 1.29 is 19.4 Å². The molecule has 0 aromatic heterocycles. The Balaban J connectivity index is 1.80.